The number of carbonyl (C=O) groups is 1. The molecule has 0 aromatic carbocycles. The van der Waals surface area contributed by atoms with E-state index in [1.807, 2.05) is 7.05 Å². The molecule has 0 radical (unpaired) electrons. The number of aliphatic hydroxyl groups is 1. The first-order valence-electron chi connectivity index (χ1n) is 4.24. The number of amides is 1. The lowest BCUT2D eigenvalue weighted by Crippen LogP contribution is -2.57. The molecule has 1 heterocycles. The summed E-state index contributed by atoms with van der Waals surface area (Å²) < 4.78 is 0. The van der Waals surface area contributed by atoms with Gasteiger partial charge in [-0.05, 0) is 14.0 Å². The van der Waals surface area contributed by atoms with Crippen molar-refractivity contribution in [2.24, 2.45) is 0 Å². The van der Waals surface area contributed by atoms with E-state index in [2.05, 4.69) is 10.2 Å². The Bertz CT molecular complexity index is 164. The molecule has 1 aliphatic rings. The van der Waals surface area contributed by atoms with Crippen molar-refractivity contribution in [2.75, 3.05) is 20.1 Å². The van der Waals surface area contributed by atoms with Gasteiger partial charge < -0.3 is 15.3 Å². The highest BCUT2D eigenvalue weighted by Crippen LogP contribution is 2.03. The van der Waals surface area contributed by atoms with E-state index in [4.69, 9.17) is 5.11 Å². The van der Waals surface area contributed by atoms with Crippen LogP contribution in [0.1, 0.15) is 13.3 Å². The number of nitrogens with zero attached hydrogens (tertiary/aromatic N) is 1. The molecule has 12 heavy (non-hydrogen) atoms. The highest BCUT2D eigenvalue weighted by Gasteiger charge is 2.24. The van der Waals surface area contributed by atoms with E-state index in [0.717, 1.165) is 13.1 Å². The number of nitrogens with one attached hydrogen (secondary N) is 1. The second-order valence-electron chi connectivity index (χ2n) is 3.54. The molecule has 0 aromatic heterocycles. The van der Waals surface area contributed by atoms with Gasteiger partial charge in [-0.1, -0.05) is 0 Å². The number of hydrogen-bond donors (Lipinski definition) is 2. The fraction of sp³-hybridized carbons (Fsp3) is 0.875. The van der Waals surface area contributed by atoms with Crippen LogP contribution < -0.4 is 5.32 Å². The summed E-state index contributed by atoms with van der Waals surface area (Å²) >= 11 is 0. The summed E-state index contributed by atoms with van der Waals surface area (Å²) in [5.74, 6) is -0.0527. The zero-order valence-corrected chi connectivity index (χ0v) is 7.58. The summed E-state index contributed by atoms with van der Waals surface area (Å²) in [4.78, 5) is 13.2. The Balaban J connectivity index is 2.11. The maximum atomic E-state index is 11.1. The van der Waals surface area contributed by atoms with Crippen molar-refractivity contribution < 1.29 is 9.90 Å². The van der Waals surface area contributed by atoms with Crippen LogP contribution >= 0.6 is 0 Å². The molecule has 2 N–H and O–H groups in total. The molecule has 0 aromatic rings. The van der Waals surface area contributed by atoms with Gasteiger partial charge in [-0.15, -0.1) is 0 Å². The molecule has 70 valence electrons. The lowest BCUT2D eigenvalue weighted by Gasteiger charge is -2.36. The molecule has 1 aliphatic heterocycles. The Morgan fingerprint density at radius 3 is 2.75 bits per heavy atom. The molecule has 1 unspecified atom stereocenters. The van der Waals surface area contributed by atoms with Gasteiger partial charge in [0.25, 0.3) is 0 Å². The first-order valence-corrected chi connectivity index (χ1v) is 4.24. The minimum absolute atomic E-state index is 0.0527. The van der Waals surface area contributed by atoms with Crippen molar-refractivity contribution in [1.29, 1.82) is 0 Å². The van der Waals surface area contributed by atoms with Crippen LogP contribution in [-0.4, -0.2) is 48.2 Å². The van der Waals surface area contributed by atoms with Crippen molar-refractivity contribution in [3.63, 3.8) is 0 Å². The van der Waals surface area contributed by atoms with Crippen molar-refractivity contribution in [2.45, 2.75) is 25.5 Å². The number of likely N-dealkylation sites (N-methyl/N-ethyl adjacent to an activating group) is 1. The average molecular weight is 172 g/mol. The Morgan fingerprint density at radius 1 is 1.75 bits per heavy atom. The van der Waals surface area contributed by atoms with Crippen LogP contribution in [0.4, 0.5) is 0 Å². The second kappa shape index (κ2) is 3.87. The smallest absolute Gasteiger partial charge is 0.222 e. The summed E-state index contributed by atoms with van der Waals surface area (Å²) in [5, 5.41) is 11.7. The molecule has 0 spiro atoms. The van der Waals surface area contributed by atoms with Crippen molar-refractivity contribution in [3.8, 4) is 0 Å². The third kappa shape index (κ3) is 2.79. The summed E-state index contributed by atoms with van der Waals surface area (Å²) in [6, 6.07) is 0.293. The third-order valence-electron chi connectivity index (χ3n) is 1.91. The summed E-state index contributed by atoms with van der Waals surface area (Å²) in [5.41, 5.74) is 0. The van der Waals surface area contributed by atoms with Crippen LogP contribution in [0.2, 0.25) is 0 Å². The Kier molecular flexibility index (Phi) is 3.05. The topological polar surface area (TPSA) is 52.6 Å². The molecular formula is C8H16N2O2. The Morgan fingerprint density at radius 2 is 2.33 bits per heavy atom. The van der Waals surface area contributed by atoms with Gasteiger partial charge in [-0.25, -0.2) is 0 Å². The van der Waals surface area contributed by atoms with Crippen LogP contribution in [0.3, 0.4) is 0 Å². The van der Waals surface area contributed by atoms with Gasteiger partial charge in [0.2, 0.25) is 5.91 Å². The summed E-state index contributed by atoms with van der Waals surface area (Å²) in [7, 11) is 2.01. The highest BCUT2D eigenvalue weighted by atomic mass is 16.3. The minimum atomic E-state index is -0.539. The van der Waals surface area contributed by atoms with E-state index in [-0.39, 0.29) is 12.3 Å². The lowest BCUT2D eigenvalue weighted by molar-refractivity contribution is -0.124. The van der Waals surface area contributed by atoms with Crippen LogP contribution in [0.25, 0.3) is 0 Å². The first kappa shape index (κ1) is 9.48. The zero-order chi connectivity index (χ0) is 9.14. The molecule has 1 fully saturated rings. The lowest BCUT2D eigenvalue weighted by atomic mass is 10.1. The van der Waals surface area contributed by atoms with Crippen LogP contribution in [-0.2, 0) is 4.79 Å². The summed E-state index contributed by atoms with van der Waals surface area (Å²) in [6.07, 6.45) is -0.331. The summed E-state index contributed by atoms with van der Waals surface area (Å²) in [6.45, 7) is 3.46. The second-order valence-corrected chi connectivity index (χ2v) is 3.54. The normalized spacial score (nSPS) is 21.6. The maximum Gasteiger partial charge on any atom is 0.222 e. The van der Waals surface area contributed by atoms with Gasteiger partial charge in [-0.2, -0.15) is 0 Å². The quantitative estimate of drug-likeness (QED) is 0.585. The molecule has 1 rings (SSSR count). The van der Waals surface area contributed by atoms with Crippen LogP contribution in [0.5, 0.6) is 0 Å². The van der Waals surface area contributed by atoms with E-state index in [0.29, 0.717) is 6.04 Å². The van der Waals surface area contributed by atoms with E-state index in [1.54, 1.807) is 6.92 Å². The Labute approximate surface area is 72.6 Å². The van der Waals surface area contributed by atoms with E-state index in [1.165, 1.54) is 0 Å². The number of rotatable bonds is 3. The van der Waals surface area contributed by atoms with E-state index < -0.39 is 6.10 Å². The zero-order valence-electron chi connectivity index (χ0n) is 7.58. The van der Waals surface area contributed by atoms with Gasteiger partial charge in [0.05, 0.1) is 18.6 Å². The standard InChI is InChI=1S/C8H16N2O2/c1-6(11)3-8(12)9-7-4-10(2)5-7/h6-7,11H,3-5H2,1-2H3,(H,9,12). The highest BCUT2D eigenvalue weighted by molar-refractivity contribution is 5.76. The fourth-order valence-electron chi connectivity index (χ4n) is 1.35. The fourth-order valence-corrected chi connectivity index (χ4v) is 1.35. The number of likely N-dealkylation sites (tertiary alicyclic amines) is 1. The molecule has 0 aliphatic carbocycles. The van der Waals surface area contributed by atoms with Crippen molar-refractivity contribution in [1.82, 2.24) is 10.2 Å². The van der Waals surface area contributed by atoms with Crippen molar-refractivity contribution >= 4 is 5.91 Å². The van der Waals surface area contributed by atoms with E-state index in [9.17, 15) is 4.79 Å². The number of hydrogen-bond acceptors (Lipinski definition) is 3. The van der Waals surface area contributed by atoms with E-state index >= 15 is 0 Å². The largest absolute Gasteiger partial charge is 0.393 e. The number of aliphatic hydroxyl groups excluding tert-OH is 1. The predicted octanol–water partition coefficient (Wildman–Crippen LogP) is -0.812. The number of carbonyl (C=O) groups excluding carboxylic acids is 1. The molecule has 1 saturated heterocycles. The third-order valence-corrected chi connectivity index (χ3v) is 1.91. The average Bonchev–Trinajstić information content (AvgIpc) is 1.82. The molecule has 4 nitrogen and oxygen atoms in total. The van der Waals surface area contributed by atoms with Gasteiger partial charge in [0.15, 0.2) is 0 Å². The molecule has 1 atom stereocenters. The molecule has 4 heteroatoms. The minimum Gasteiger partial charge on any atom is -0.393 e. The van der Waals surface area contributed by atoms with Crippen molar-refractivity contribution in [3.05, 3.63) is 0 Å². The maximum absolute atomic E-state index is 11.1. The SMILES string of the molecule is CC(O)CC(=O)NC1CN(C)C1. The monoisotopic (exact) mass is 172 g/mol. The molecule has 0 bridgehead atoms. The van der Waals surface area contributed by atoms with Crippen LogP contribution in [0.15, 0.2) is 0 Å². The van der Waals surface area contributed by atoms with Gasteiger partial charge in [0.1, 0.15) is 0 Å². The predicted molar refractivity (Wildman–Crippen MR) is 45.7 cm³/mol. The molecule has 1 amide bonds. The Hall–Kier alpha value is -0.610. The van der Waals surface area contributed by atoms with Crippen LogP contribution in [0, 0.1) is 0 Å². The molecule has 0 saturated carbocycles. The molecular weight excluding hydrogens is 156 g/mol. The van der Waals surface area contributed by atoms with Gasteiger partial charge in [0, 0.05) is 13.1 Å². The first-order chi connectivity index (χ1) is 5.58. The van der Waals surface area contributed by atoms with Gasteiger partial charge in [-0.3, -0.25) is 4.79 Å². The van der Waals surface area contributed by atoms with Gasteiger partial charge >= 0.3 is 0 Å².